The first kappa shape index (κ1) is 11.5. The molecule has 1 aromatic heterocycles. The third-order valence-corrected chi connectivity index (χ3v) is 2.93. The van der Waals surface area contributed by atoms with Gasteiger partial charge in [0.05, 0.1) is 12.6 Å². The van der Waals surface area contributed by atoms with E-state index in [9.17, 15) is 5.11 Å². The van der Waals surface area contributed by atoms with E-state index in [1.165, 1.54) is 7.11 Å². The minimum atomic E-state index is 0.0803. The lowest BCUT2D eigenvalue weighted by Gasteiger charge is -2.06. The molecular weight excluding hydrogens is 240 g/mol. The predicted molar refractivity (Wildman–Crippen MR) is 73.2 cm³/mol. The maximum Gasteiger partial charge on any atom is 0.160 e. The summed E-state index contributed by atoms with van der Waals surface area (Å²) in [7, 11) is 1.52. The largest absolute Gasteiger partial charge is 0.504 e. The van der Waals surface area contributed by atoms with Crippen LogP contribution >= 0.6 is 0 Å². The lowest BCUT2D eigenvalue weighted by molar-refractivity contribution is 0.373. The van der Waals surface area contributed by atoms with Crippen molar-refractivity contribution < 1.29 is 9.84 Å². The van der Waals surface area contributed by atoms with Gasteiger partial charge in [-0.15, -0.1) is 0 Å². The standard InChI is InChI=1S/C15H12N2O2/c1-19-14-7-6-10(8-13(14)18)15-16-9-11-4-2-3-5-12(11)17-15/h2-9,18H,1H3. The zero-order valence-electron chi connectivity index (χ0n) is 10.4. The van der Waals surface area contributed by atoms with Crippen molar-refractivity contribution in [2.45, 2.75) is 0 Å². The number of methoxy groups -OCH3 is 1. The van der Waals surface area contributed by atoms with Gasteiger partial charge in [-0.25, -0.2) is 9.97 Å². The van der Waals surface area contributed by atoms with Crippen LogP contribution in [0.1, 0.15) is 0 Å². The Balaban J connectivity index is 2.11. The summed E-state index contributed by atoms with van der Waals surface area (Å²) in [4.78, 5) is 8.79. The molecule has 3 aromatic rings. The molecular formula is C15H12N2O2. The van der Waals surface area contributed by atoms with Crippen LogP contribution in [0.2, 0.25) is 0 Å². The molecule has 19 heavy (non-hydrogen) atoms. The van der Waals surface area contributed by atoms with Crippen molar-refractivity contribution in [3.05, 3.63) is 48.7 Å². The lowest BCUT2D eigenvalue weighted by Crippen LogP contribution is -1.90. The molecule has 0 amide bonds. The second-order valence-electron chi connectivity index (χ2n) is 4.14. The Morgan fingerprint density at radius 1 is 1.11 bits per heavy atom. The van der Waals surface area contributed by atoms with Gasteiger partial charge in [-0.1, -0.05) is 18.2 Å². The van der Waals surface area contributed by atoms with Gasteiger partial charge in [-0.2, -0.15) is 0 Å². The first-order valence-corrected chi connectivity index (χ1v) is 5.87. The first-order valence-electron chi connectivity index (χ1n) is 5.87. The van der Waals surface area contributed by atoms with Crippen molar-refractivity contribution in [2.75, 3.05) is 7.11 Å². The Labute approximate surface area is 110 Å². The van der Waals surface area contributed by atoms with Gasteiger partial charge < -0.3 is 9.84 Å². The molecule has 1 heterocycles. The van der Waals surface area contributed by atoms with Crippen LogP contribution in [0.5, 0.6) is 11.5 Å². The Hall–Kier alpha value is -2.62. The molecule has 0 aliphatic carbocycles. The van der Waals surface area contributed by atoms with E-state index >= 15 is 0 Å². The number of hydrogen-bond donors (Lipinski definition) is 1. The molecule has 0 saturated heterocycles. The highest BCUT2D eigenvalue weighted by Crippen LogP contribution is 2.30. The molecule has 0 atom stereocenters. The number of rotatable bonds is 2. The minimum absolute atomic E-state index is 0.0803. The Bertz CT molecular complexity index is 741. The van der Waals surface area contributed by atoms with Crippen molar-refractivity contribution in [3.8, 4) is 22.9 Å². The van der Waals surface area contributed by atoms with Gasteiger partial charge in [-0.05, 0) is 24.3 Å². The molecule has 0 bridgehead atoms. The number of benzene rings is 2. The van der Waals surface area contributed by atoms with Crippen LogP contribution in [0.3, 0.4) is 0 Å². The molecule has 0 fully saturated rings. The lowest BCUT2D eigenvalue weighted by atomic mass is 10.1. The number of hydrogen-bond acceptors (Lipinski definition) is 4. The van der Waals surface area contributed by atoms with Gasteiger partial charge in [0, 0.05) is 17.1 Å². The van der Waals surface area contributed by atoms with Crippen molar-refractivity contribution in [1.82, 2.24) is 9.97 Å². The van der Waals surface area contributed by atoms with Crippen LogP contribution in [0.25, 0.3) is 22.3 Å². The van der Waals surface area contributed by atoms with Crippen molar-refractivity contribution in [3.63, 3.8) is 0 Å². The quantitative estimate of drug-likeness (QED) is 0.761. The van der Waals surface area contributed by atoms with Crippen molar-refractivity contribution in [2.24, 2.45) is 0 Å². The second kappa shape index (κ2) is 4.57. The van der Waals surface area contributed by atoms with E-state index in [2.05, 4.69) is 9.97 Å². The maximum atomic E-state index is 9.79. The Morgan fingerprint density at radius 2 is 1.95 bits per heavy atom. The zero-order chi connectivity index (χ0) is 13.2. The van der Waals surface area contributed by atoms with Gasteiger partial charge in [0.25, 0.3) is 0 Å². The number of ether oxygens (including phenoxy) is 1. The van der Waals surface area contributed by atoms with Gasteiger partial charge in [0.2, 0.25) is 0 Å². The van der Waals surface area contributed by atoms with E-state index in [4.69, 9.17) is 4.74 Å². The molecule has 0 unspecified atom stereocenters. The first-order chi connectivity index (χ1) is 9.28. The smallest absolute Gasteiger partial charge is 0.160 e. The summed E-state index contributed by atoms with van der Waals surface area (Å²) >= 11 is 0. The van der Waals surface area contributed by atoms with Crippen LogP contribution in [0.4, 0.5) is 0 Å². The number of nitrogens with zero attached hydrogens (tertiary/aromatic N) is 2. The fraction of sp³-hybridized carbons (Fsp3) is 0.0667. The average Bonchev–Trinajstić information content (AvgIpc) is 2.46. The summed E-state index contributed by atoms with van der Waals surface area (Å²) in [6.07, 6.45) is 1.78. The monoisotopic (exact) mass is 252 g/mol. The highest BCUT2D eigenvalue weighted by atomic mass is 16.5. The summed E-state index contributed by atoms with van der Waals surface area (Å²) in [5, 5.41) is 10.8. The van der Waals surface area contributed by atoms with Crippen LogP contribution in [0.15, 0.2) is 48.7 Å². The zero-order valence-corrected chi connectivity index (χ0v) is 10.4. The average molecular weight is 252 g/mol. The normalized spacial score (nSPS) is 10.6. The molecule has 0 aliphatic rings. The molecule has 4 nitrogen and oxygen atoms in total. The van der Waals surface area contributed by atoms with Gasteiger partial charge >= 0.3 is 0 Å². The van der Waals surface area contributed by atoms with E-state index < -0.39 is 0 Å². The topological polar surface area (TPSA) is 55.2 Å². The van der Waals surface area contributed by atoms with Crippen LogP contribution < -0.4 is 4.74 Å². The van der Waals surface area contributed by atoms with E-state index in [0.717, 1.165) is 16.5 Å². The van der Waals surface area contributed by atoms with Gasteiger partial charge in [-0.3, -0.25) is 0 Å². The van der Waals surface area contributed by atoms with Crippen LogP contribution in [0, 0.1) is 0 Å². The summed E-state index contributed by atoms with van der Waals surface area (Å²) in [6, 6.07) is 12.9. The minimum Gasteiger partial charge on any atom is -0.504 e. The van der Waals surface area contributed by atoms with E-state index in [1.807, 2.05) is 30.3 Å². The third kappa shape index (κ3) is 2.08. The van der Waals surface area contributed by atoms with Gasteiger partial charge in [0.15, 0.2) is 17.3 Å². The molecule has 0 aliphatic heterocycles. The number of phenols is 1. The van der Waals surface area contributed by atoms with Crippen molar-refractivity contribution >= 4 is 10.9 Å². The van der Waals surface area contributed by atoms with E-state index in [1.54, 1.807) is 18.3 Å². The molecule has 0 spiro atoms. The Kier molecular flexibility index (Phi) is 2.76. The molecule has 3 rings (SSSR count). The molecule has 0 radical (unpaired) electrons. The molecule has 94 valence electrons. The number of para-hydroxylation sites is 1. The second-order valence-corrected chi connectivity index (χ2v) is 4.14. The highest BCUT2D eigenvalue weighted by molar-refractivity contribution is 5.79. The number of phenolic OH excluding ortho intramolecular Hbond substituents is 1. The fourth-order valence-electron chi connectivity index (χ4n) is 1.94. The van der Waals surface area contributed by atoms with E-state index in [0.29, 0.717) is 11.6 Å². The summed E-state index contributed by atoms with van der Waals surface area (Å²) in [5.74, 6) is 1.10. The number of fused-ring (bicyclic) bond motifs is 1. The summed E-state index contributed by atoms with van der Waals surface area (Å²) in [5.41, 5.74) is 1.63. The van der Waals surface area contributed by atoms with Gasteiger partial charge in [0.1, 0.15) is 0 Å². The number of aromatic hydroxyl groups is 1. The molecule has 1 N–H and O–H groups in total. The number of aromatic nitrogens is 2. The predicted octanol–water partition coefficient (Wildman–Crippen LogP) is 3.01. The van der Waals surface area contributed by atoms with Crippen molar-refractivity contribution in [1.29, 1.82) is 0 Å². The molecule has 2 aromatic carbocycles. The Morgan fingerprint density at radius 3 is 2.74 bits per heavy atom. The fourth-order valence-corrected chi connectivity index (χ4v) is 1.94. The maximum absolute atomic E-state index is 9.79. The highest BCUT2D eigenvalue weighted by Gasteiger charge is 2.07. The van der Waals surface area contributed by atoms with Crippen LogP contribution in [-0.2, 0) is 0 Å². The third-order valence-electron chi connectivity index (χ3n) is 2.93. The van der Waals surface area contributed by atoms with E-state index in [-0.39, 0.29) is 5.75 Å². The van der Waals surface area contributed by atoms with Crippen LogP contribution in [-0.4, -0.2) is 22.2 Å². The summed E-state index contributed by atoms with van der Waals surface area (Å²) in [6.45, 7) is 0. The molecule has 4 heteroatoms. The SMILES string of the molecule is COc1ccc(-c2ncc3ccccc3n2)cc1O. The summed E-state index contributed by atoms with van der Waals surface area (Å²) < 4.78 is 5.02. The molecule has 0 saturated carbocycles.